The van der Waals surface area contributed by atoms with Crippen molar-refractivity contribution in [3.8, 4) is 0 Å². The summed E-state index contributed by atoms with van der Waals surface area (Å²) in [6, 6.07) is 15.5. The summed E-state index contributed by atoms with van der Waals surface area (Å²) in [7, 11) is 0. The van der Waals surface area contributed by atoms with Crippen LogP contribution in [-0.2, 0) is 9.53 Å². The highest BCUT2D eigenvalue weighted by atomic mass is 35.5. The van der Waals surface area contributed by atoms with Gasteiger partial charge in [0.15, 0.2) is 0 Å². The molecular weight excluding hydrogens is 348 g/mol. The van der Waals surface area contributed by atoms with Gasteiger partial charge in [-0.25, -0.2) is 0 Å². The number of benzene rings is 2. The summed E-state index contributed by atoms with van der Waals surface area (Å²) < 4.78 is 5.39. The number of hydrogen-bond acceptors (Lipinski definition) is 3. The first-order valence-corrected chi connectivity index (χ1v) is 9.41. The second kappa shape index (κ2) is 8.56. The van der Waals surface area contributed by atoms with Gasteiger partial charge in [0.1, 0.15) is 0 Å². The summed E-state index contributed by atoms with van der Waals surface area (Å²) >= 11 is 5.97. The number of carbonyl (C=O) groups is 1. The molecule has 1 atom stereocenters. The highest BCUT2D eigenvalue weighted by molar-refractivity contribution is 6.30. The lowest BCUT2D eigenvalue weighted by molar-refractivity contribution is -0.118. The molecule has 1 fully saturated rings. The van der Waals surface area contributed by atoms with E-state index in [0.29, 0.717) is 5.02 Å². The van der Waals surface area contributed by atoms with Crippen molar-refractivity contribution in [1.29, 1.82) is 0 Å². The number of ether oxygens (including phenoxy) is 1. The number of anilines is 2. The van der Waals surface area contributed by atoms with Crippen LogP contribution in [0, 0.1) is 5.92 Å². The normalized spacial score (nSPS) is 15.8. The molecule has 1 unspecified atom stereocenters. The Balaban J connectivity index is 1.69. The first kappa shape index (κ1) is 18.7. The zero-order chi connectivity index (χ0) is 18.5. The lowest BCUT2D eigenvalue weighted by atomic mass is 9.87. The lowest BCUT2D eigenvalue weighted by Crippen LogP contribution is -2.36. The molecule has 0 aliphatic carbocycles. The Labute approximate surface area is 160 Å². The second-order valence-electron chi connectivity index (χ2n) is 6.91. The van der Waals surface area contributed by atoms with Gasteiger partial charge in [-0.1, -0.05) is 37.6 Å². The molecule has 4 nitrogen and oxygen atoms in total. The van der Waals surface area contributed by atoms with E-state index in [-0.39, 0.29) is 17.7 Å². The van der Waals surface area contributed by atoms with Crippen molar-refractivity contribution in [3.05, 3.63) is 59.1 Å². The Hall–Kier alpha value is -2.04. The molecule has 0 spiro atoms. The van der Waals surface area contributed by atoms with Crippen molar-refractivity contribution in [2.45, 2.75) is 19.8 Å². The van der Waals surface area contributed by atoms with Crippen LogP contribution in [0.3, 0.4) is 0 Å². The van der Waals surface area contributed by atoms with E-state index in [1.165, 1.54) is 0 Å². The summed E-state index contributed by atoms with van der Waals surface area (Å²) in [5, 5.41) is 3.73. The Bertz CT molecular complexity index is 723. The highest BCUT2D eigenvalue weighted by Crippen LogP contribution is 2.28. The third-order valence-corrected chi connectivity index (χ3v) is 4.94. The van der Waals surface area contributed by atoms with Crippen LogP contribution in [0.1, 0.15) is 25.3 Å². The van der Waals surface area contributed by atoms with Crippen LogP contribution < -0.4 is 10.2 Å². The number of nitrogens with zero attached hydrogens (tertiary/aromatic N) is 1. The fourth-order valence-electron chi connectivity index (χ4n) is 3.31. The van der Waals surface area contributed by atoms with Gasteiger partial charge < -0.3 is 15.0 Å². The van der Waals surface area contributed by atoms with E-state index in [1.54, 1.807) is 0 Å². The molecule has 0 radical (unpaired) electrons. The Morgan fingerprint density at radius 2 is 1.65 bits per heavy atom. The number of hydrogen-bond donors (Lipinski definition) is 1. The molecular formula is C21H25ClN2O2. The molecule has 0 bridgehead atoms. The van der Waals surface area contributed by atoms with E-state index in [4.69, 9.17) is 16.3 Å². The number of morpholine rings is 1. The molecule has 26 heavy (non-hydrogen) atoms. The van der Waals surface area contributed by atoms with Crippen LogP contribution in [0.5, 0.6) is 0 Å². The summed E-state index contributed by atoms with van der Waals surface area (Å²) in [4.78, 5) is 15.1. The van der Waals surface area contributed by atoms with Crippen LogP contribution in [0.25, 0.3) is 0 Å². The van der Waals surface area contributed by atoms with E-state index in [9.17, 15) is 4.79 Å². The van der Waals surface area contributed by atoms with E-state index >= 15 is 0 Å². The fourth-order valence-corrected chi connectivity index (χ4v) is 3.43. The van der Waals surface area contributed by atoms with E-state index < -0.39 is 0 Å². The van der Waals surface area contributed by atoms with Crippen LogP contribution in [-0.4, -0.2) is 32.2 Å². The Kier molecular flexibility index (Phi) is 6.17. The van der Waals surface area contributed by atoms with Gasteiger partial charge in [0.25, 0.3) is 0 Å². The van der Waals surface area contributed by atoms with Crippen molar-refractivity contribution in [2.24, 2.45) is 5.92 Å². The minimum atomic E-state index is -0.216. The predicted molar refractivity (Wildman–Crippen MR) is 107 cm³/mol. The van der Waals surface area contributed by atoms with Crippen molar-refractivity contribution in [1.82, 2.24) is 0 Å². The smallest absolute Gasteiger partial charge is 0.232 e. The summed E-state index contributed by atoms with van der Waals surface area (Å²) in [6.45, 7) is 7.43. The van der Waals surface area contributed by atoms with Crippen molar-refractivity contribution >= 4 is 28.9 Å². The van der Waals surface area contributed by atoms with Crippen molar-refractivity contribution in [2.75, 3.05) is 36.5 Å². The third kappa shape index (κ3) is 4.57. The van der Waals surface area contributed by atoms with Crippen LogP contribution in [0.2, 0.25) is 5.02 Å². The first-order chi connectivity index (χ1) is 12.5. The Morgan fingerprint density at radius 1 is 1.04 bits per heavy atom. The van der Waals surface area contributed by atoms with Crippen LogP contribution >= 0.6 is 11.6 Å². The number of carbonyl (C=O) groups excluding carboxylic acids is 1. The van der Waals surface area contributed by atoms with E-state index in [0.717, 1.165) is 43.2 Å². The van der Waals surface area contributed by atoms with Gasteiger partial charge >= 0.3 is 0 Å². The standard InChI is InChI=1S/C21H25ClN2O2/c1-15(2)20(16-3-5-17(22)6-4-16)21(25)23-18-7-9-19(10-8-18)24-11-13-26-14-12-24/h3-10,15,20H,11-14H2,1-2H3,(H,23,25). The average molecular weight is 373 g/mol. The van der Waals surface area contributed by atoms with Crippen LogP contribution in [0.4, 0.5) is 11.4 Å². The molecule has 1 N–H and O–H groups in total. The molecule has 2 aromatic rings. The maximum absolute atomic E-state index is 12.9. The number of nitrogens with one attached hydrogen (secondary N) is 1. The molecule has 3 rings (SSSR count). The van der Waals surface area contributed by atoms with Gasteiger partial charge in [-0.3, -0.25) is 4.79 Å². The SMILES string of the molecule is CC(C)C(C(=O)Nc1ccc(N2CCOCC2)cc1)c1ccc(Cl)cc1. The molecule has 0 aromatic heterocycles. The van der Waals surface area contributed by atoms with Crippen molar-refractivity contribution < 1.29 is 9.53 Å². The molecule has 1 saturated heterocycles. The monoisotopic (exact) mass is 372 g/mol. The van der Waals surface area contributed by atoms with Gasteiger partial charge in [0.2, 0.25) is 5.91 Å². The zero-order valence-electron chi connectivity index (χ0n) is 15.2. The molecule has 1 heterocycles. The zero-order valence-corrected chi connectivity index (χ0v) is 16.0. The maximum atomic E-state index is 12.9. The number of rotatable bonds is 5. The molecule has 1 amide bonds. The van der Waals surface area contributed by atoms with E-state index in [2.05, 4.69) is 24.1 Å². The lowest BCUT2D eigenvalue weighted by Gasteiger charge is -2.29. The average Bonchev–Trinajstić information content (AvgIpc) is 2.64. The summed E-state index contributed by atoms with van der Waals surface area (Å²) in [5.74, 6) is -0.0311. The van der Waals surface area contributed by atoms with Crippen LogP contribution in [0.15, 0.2) is 48.5 Å². The molecule has 2 aromatic carbocycles. The van der Waals surface area contributed by atoms with Crippen molar-refractivity contribution in [3.63, 3.8) is 0 Å². The van der Waals surface area contributed by atoms with Gasteiger partial charge in [-0.05, 0) is 47.9 Å². The third-order valence-electron chi connectivity index (χ3n) is 4.69. The van der Waals surface area contributed by atoms with Gasteiger partial charge in [0, 0.05) is 29.5 Å². The van der Waals surface area contributed by atoms with Gasteiger partial charge in [-0.15, -0.1) is 0 Å². The Morgan fingerprint density at radius 3 is 2.23 bits per heavy atom. The molecule has 5 heteroatoms. The fraction of sp³-hybridized carbons (Fsp3) is 0.381. The molecule has 138 valence electrons. The first-order valence-electron chi connectivity index (χ1n) is 9.03. The van der Waals surface area contributed by atoms with Gasteiger partial charge in [-0.2, -0.15) is 0 Å². The quantitative estimate of drug-likeness (QED) is 0.836. The second-order valence-corrected chi connectivity index (χ2v) is 7.35. The topological polar surface area (TPSA) is 41.6 Å². The summed E-state index contributed by atoms with van der Waals surface area (Å²) in [5.41, 5.74) is 2.95. The minimum Gasteiger partial charge on any atom is -0.378 e. The predicted octanol–water partition coefficient (Wildman–Crippen LogP) is 4.55. The maximum Gasteiger partial charge on any atom is 0.232 e. The molecule has 1 aliphatic rings. The largest absolute Gasteiger partial charge is 0.378 e. The molecule has 1 aliphatic heterocycles. The van der Waals surface area contributed by atoms with E-state index in [1.807, 2.05) is 48.5 Å². The minimum absolute atomic E-state index is 0.00134. The summed E-state index contributed by atoms with van der Waals surface area (Å²) in [6.07, 6.45) is 0. The highest BCUT2D eigenvalue weighted by Gasteiger charge is 2.24. The number of halogens is 1. The van der Waals surface area contributed by atoms with Gasteiger partial charge in [0.05, 0.1) is 19.1 Å². The molecule has 0 saturated carbocycles. The number of amides is 1.